The van der Waals surface area contributed by atoms with Gasteiger partial charge in [-0.05, 0) is 24.5 Å². The second-order valence-electron chi connectivity index (χ2n) is 3.85. The molecule has 1 aromatic rings. The van der Waals surface area contributed by atoms with Crippen LogP contribution in [0.1, 0.15) is 48.5 Å². The van der Waals surface area contributed by atoms with Crippen LogP contribution in [0.25, 0.3) is 0 Å². The van der Waals surface area contributed by atoms with Crippen LogP contribution in [-0.4, -0.2) is 16.2 Å². The van der Waals surface area contributed by atoms with Crippen LogP contribution in [0.4, 0.5) is 4.39 Å². The average Bonchev–Trinajstić information content (AvgIpc) is 2.21. The first-order valence-electron chi connectivity index (χ1n) is 5.23. The van der Waals surface area contributed by atoms with Gasteiger partial charge < -0.3 is 10.2 Å². The summed E-state index contributed by atoms with van der Waals surface area (Å²) in [6.45, 7) is 3.70. The van der Waals surface area contributed by atoms with E-state index in [1.807, 2.05) is 6.92 Å². The van der Waals surface area contributed by atoms with Gasteiger partial charge >= 0.3 is 5.97 Å². The Morgan fingerprint density at radius 2 is 2.12 bits per heavy atom. The third-order valence-corrected chi connectivity index (χ3v) is 2.60. The van der Waals surface area contributed by atoms with E-state index < -0.39 is 17.5 Å². The Hall–Kier alpha value is -1.58. The zero-order valence-electron chi connectivity index (χ0n) is 9.33. The highest BCUT2D eigenvalue weighted by Gasteiger charge is 2.21. The Kier molecular flexibility index (Phi) is 3.88. The standard InChI is InChI=1S/C12H15FO3/c1-3-4-7(2)10-8(12(15)16)5-6-9(14)11(10)13/h5-7,14H,3-4H2,1-2H3,(H,15,16)/t7-/m0/s1. The van der Waals surface area contributed by atoms with Gasteiger partial charge in [0.1, 0.15) is 0 Å². The summed E-state index contributed by atoms with van der Waals surface area (Å²) in [7, 11) is 0. The number of hydrogen-bond acceptors (Lipinski definition) is 2. The minimum atomic E-state index is -1.17. The first-order valence-corrected chi connectivity index (χ1v) is 5.23. The van der Waals surface area contributed by atoms with Crippen molar-refractivity contribution in [2.75, 3.05) is 0 Å². The first kappa shape index (κ1) is 12.5. The topological polar surface area (TPSA) is 57.5 Å². The Morgan fingerprint density at radius 3 is 2.62 bits per heavy atom. The number of phenols is 1. The van der Waals surface area contributed by atoms with Gasteiger partial charge in [0.05, 0.1) is 5.56 Å². The lowest BCUT2D eigenvalue weighted by Crippen LogP contribution is -2.08. The fraction of sp³-hybridized carbons (Fsp3) is 0.417. The fourth-order valence-corrected chi connectivity index (χ4v) is 1.83. The molecule has 0 aliphatic rings. The van der Waals surface area contributed by atoms with E-state index in [0.29, 0.717) is 6.42 Å². The largest absolute Gasteiger partial charge is 0.505 e. The van der Waals surface area contributed by atoms with Crippen molar-refractivity contribution in [3.63, 3.8) is 0 Å². The van der Waals surface area contributed by atoms with Crippen molar-refractivity contribution in [2.45, 2.75) is 32.6 Å². The zero-order valence-corrected chi connectivity index (χ0v) is 9.33. The van der Waals surface area contributed by atoms with E-state index in [0.717, 1.165) is 12.5 Å². The predicted octanol–water partition coefficient (Wildman–Crippen LogP) is 3.13. The molecule has 4 heteroatoms. The second kappa shape index (κ2) is 4.96. The molecular weight excluding hydrogens is 211 g/mol. The highest BCUT2D eigenvalue weighted by Crippen LogP contribution is 2.31. The lowest BCUT2D eigenvalue weighted by atomic mass is 9.91. The molecular formula is C12H15FO3. The second-order valence-corrected chi connectivity index (χ2v) is 3.85. The van der Waals surface area contributed by atoms with Gasteiger partial charge in [0.15, 0.2) is 11.6 Å². The molecule has 0 unspecified atom stereocenters. The molecule has 0 saturated heterocycles. The molecule has 0 aromatic heterocycles. The van der Waals surface area contributed by atoms with Crippen molar-refractivity contribution in [2.24, 2.45) is 0 Å². The van der Waals surface area contributed by atoms with Gasteiger partial charge in [0, 0.05) is 5.56 Å². The quantitative estimate of drug-likeness (QED) is 0.829. The van der Waals surface area contributed by atoms with Gasteiger partial charge in [-0.2, -0.15) is 0 Å². The van der Waals surface area contributed by atoms with E-state index in [2.05, 4.69) is 0 Å². The first-order chi connectivity index (χ1) is 7.49. The summed E-state index contributed by atoms with van der Waals surface area (Å²) in [5.74, 6) is -2.70. The summed E-state index contributed by atoms with van der Waals surface area (Å²) >= 11 is 0. The van der Waals surface area contributed by atoms with E-state index in [1.165, 1.54) is 6.07 Å². The van der Waals surface area contributed by atoms with Crippen LogP contribution in [0.3, 0.4) is 0 Å². The maximum atomic E-state index is 13.7. The van der Waals surface area contributed by atoms with Gasteiger partial charge in [0.25, 0.3) is 0 Å². The fourth-order valence-electron chi connectivity index (χ4n) is 1.83. The molecule has 1 rings (SSSR count). The maximum Gasteiger partial charge on any atom is 0.336 e. The summed E-state index contributed by atoms with van der Waals surface area (Å²) < 4.78 is 13.7. The molecule has 0 saturated carbocycles. The highest BCUT2D eigenvalue weighted by atomic mass is 19.1. The third-order valence-electron chi connectivity index (χ3n) is 2.60. The van der Waals surface area contributed by atoms with Crippen molar-refractivity contribution in [1.82, 2.24) is 0 Å². The minimum Gasteiger partial charge on any atom is -0.505 e. The lowest BCUT2D eigenvalue weighted by Gasteiger charge is -2.15. The smallest absolute Gasteiger partial charge is 0.336 e. The van der Waals surface area contributed by atoms with Crippen LogP contribution in [0.15, 0.2) is 12.1 Å². The molecule has 1 atom stereocenters. The van der Waals surface area contributed by atoms with Crippen LogP contribution >= 0.6 is 0 Å². The number of aromatic carboxylic acids is 1. The van der Waals surface area contributed by atoms with Crippen LogP contribution < -0.4 is 0 Å². The van der Waals surface area contributed by atoms with Crippen molar-refractivity contribution in [1.29, 1.82) is 0 Å². The van der Waals surface area contributed by atoms with E-state index in [1.54, 1.807) is 6.92 Å². The predicted molar refractivity (Wildman–Crippen MR) is 58.3 cm³/mol. The SMILES string of the molecule is CCC[C@H](C)c1c(C(=O)O)ccc(O)c1F. The molecule has 88 valence electrons. The minimum absolute atomic E-state index is 0.0729. The molecule has 0 aliphatic heterocycles. The van der Waals surface area contributed by atoms with Crippen LogP contribution in [0.5, 0.6) is 5.75 Å². The monoisotopic (exact) mass is 226 g/mol. The molecule has 0 fully saturated rings. The highest BCUT2D eigenvalue weighted by molar-refractivity contribution is 5.90. The normalized spacial score (nSPS) is 12.4. The molecule has 3 nitrogen and oxygen atoms in total. The summed E-state index contributed by atoms with van der Waals surface area (Å²) in [4.78, 5) is 10.9. The Labute approximate surface area is 93.5 Å². The third kappa shape index (κ3) is 2.32. The van der Waals surface area contributed by atoms with Crippen LogP contribution in [0.2, 0.25) is 0 Å². The lowest BCUT2D eigenvalue weighted by molar-refractivity contribution is 0.0694. The number of carbonyl (C=O) groups is 1. The summed E-state index contributed by atoms with van der Waals surface area (Å²) in [5.41, 5.74) is 0.0191. The molecule has 16 heavy (non-hydrogen) atoms. The molecule has 2 N–H and O–H groups in total. The number of halogens is 1. The van der Waals surface area contributed by atoms with Crippen molar-refractivity contribution < 1.29 is 19.4 Å². The number of phenolic OH excluding ortho intramolecular Hbond substituents is 1. The van der Waals surface area contributed by atoms with Crippen LogP contribution in [0, 0.1) is 5.82 Å². The maximum absolute atomic E-state index is 13.7. The summed E-state index contributed by atoms with van der Waals surface area (Å²) in [6, 6.07) is 2.31. The van der Waals surface area contributed by atoms with E-state index in [9.17, 15) is 14.3 Å². The van der Waals surface area contributed by atoms with Crippen molar-refractivity contribution in [3.8, 4) is 5.75 Å². The van der Waals surface area contributed by atoms with Gasteiger partial charge in [0.2, 0.25) is 0 Å². The van der Waals surface area contributed by atoms with Crippen LogP contribution in [-0.2, 0) is 0 Å². The number of aromatic hydroxyl groups is 1. The van der Waals surface area contributed by atoms with E-state index >= 15 is 0 Å². The molecule has 0 aliphatic carbocycles. The van der Waals surface area contributed by atoms with Gasteiger partial charge in [-0.25, -0.2) is 9.18 Å². The van der Waals surface area contributed by atoms with Crippen molar-refractivity contribution in [3.05, 3.63) is 29.1 Å². The molecule has 0 spiro atoms. The summed E-state index contributed by atoms with van der Waals surface area (Å²) in [5, 5.41) is 18.2. The average molecular weight is 226 g/mol. The number of carboxylic acids is 1. The number of rotatable bonds is 4. The van der Waals surface area contributed by atoms with Gasteiger partial charge in [-0.1, -0.05) is 20.3 Å². The molecule has 1 aromatic carbocycles. The summed E-state index contributed by atoms with van der Waals surface area (Å²) in [6.07, 6.45) is 1.51. The molecule has 0 amide bonds. The Balaban J connectivity index is 3.31. The van der Waals surface area contributed by atoms with E-state index in [4.69, 9.17) is 5.11 Å². The number of carboxylic acid groups (broad SMARTS) is 1. The molecule has 0 heterocycles. The Morgan fingerprint density at radius 1 is 1.50 bits per heavy atom. The van der Waals surface area contributed by atoms with Gasteiger partial charge in [-0.3, -0.25) is 0 Å². The van der Waals surface area contributed by atoms with E-state index in [-0.39, 0.29) is 17.0 Å². The molecule has 0 bridgehead atoms. The Bertz CT molecular complexity index is 401. The van der Waals surface area contributed by atoms with Gasteiger partial charge in [-0.15, -0.1) is 0 Å². The number of benzene rings is 1. The zero-order chi connectivity index (χ0) is 12.3. The molecule has 0 radical (unpaired) electrons. The van der Waals surface area contributed by atoms with Crippen molar-refractivity contribution >= 4 is 5.97 Å². The number of hydrogen-bond donors (Lipinski definition) is 2.